The Bertz CT molecular complexity index is 366. The largest absolute Gasteiger partial charge is 0.345 e. The molecule has 2 rings (SSSR count). The first-order valence-corrected chi connectivity index (χ1v) is 7.51. The summed E-state index contributed by atoms with van der Waals surface area (Å²) in [5, 5.41) is 1.26. The number of nitrogens with zero attached hydrogens (tertiary/aromatic N) is 3. The highest BCUT2D eigenvalue weighted by atomic mass is 35.5. The van der Waals surface area contributed by atoms with Crippen LogP contribution < -0.4 is 4.90 Å². The molecule has 5 heteroatoms. The van der Waals surface area contributed by atoms with Gasteiger partial charge in [-0.15, -0.1) is 11.6 Å². The molecule has 1 fully saturated rings. The van der Waals surface area contributed by atoms with Gasteiger partial charge in [0.05, 0.1) is 5.38 Å². The average Bonchev–Trinajstić information content (AvgIpc) is 2.78. The van der Waals surface area contributed by atoms with Crippen LogP contribution in [-0.4, -0.2) is 27.8 Å². The van der Waals surface area contributed by atoms with Crippen molar-refractivity contribution in [1.29, 1.82) is 0 Å². The Morgan fingerprint density at radius 2 is 2.06 bits per heavy atom. The van der Waals surface area contributed by atoms with Crippen molar-refractivity contribution in [1.82, 2.24) is 9.36 Å². The van der Waals surface area contributed by atoms with Crippen molar-refractivity contribution < 1.29 is 0 Å². The second kappa shape index (κ2) is 5.53. The summed E-state index contributed by atoms with van der Waals surface area (Å²) in [6.07, 6.45) is 4.81. The lowest BCUT2D eigenvalue weighted by Crippen LogP contribution is -2.40. The van der Waals surface area contributed by atoms with E-state index in [1.165, 1.54) is 30.8 Å². The predicted octanol–water partition coefficient (Wildman–Crippen LogP) is 3.65. The van der Waals surface area contributed by atoms with Crippen molar-refractivity contribution in [3.8, 4) is 0 Å². The molecular formula is C12H20ClN3S. The molecule has 0 aromatic carbocycles. The summed E-state index contributed by atoms with van der Waals surface area (Å²) in [6.45, 7) is 4.24. The van der Waals surface area contributed by atoms with Gasteiger partial charge in [-0.3, -0.25) is 0 Å². The van der Waals surface area contributed by atoms with E-state index in [1.807, 2.05) is 0 Å². The fourth-order valence-electron chi connectivity index (χ4n) is 2.25. The van der Waals surface area contributed by atoms with Crippen LogP contribution in [-0.2, 0) is 0 Å². The summed E-state index contributed by atoms with van der Waals surface area (Å²) < 4.78 is 4.40. The number of rotatable bonds is 3. The Labute approximate surface area is 112 Å². The quantitative estimate of drug-likeness (QED) is 0.787. The van der Waals surface area contributed by atoms with Crippen molar-refractivity contribution >= 4 is 28.3 Å². The molecule has 0 N–H and O–H groups in total. The zero-order valence-corrected chi connectivity index (χ0v) is 12.3. The monoisotopic (exact) mass is 273 g/mol. The minimum absolute atomic E-state index is 0.250. The fraction of sp³-hybridized carbons (Fsp3) is 0.833. The van der Waals surface area contributed by atoms with E-state index in [1.54, 1.807) is 0 Å². The highest BCUT2D eigenvalue weighted by molar-refractivity contribution is 7.09. The van der Waals surface area contributed by atoms with Gasteiger partial charge in [0.25, 0.3) is 0 Å². The lowest BCUT2D eigenvalue weighted by atomic mass is 9.94. The zero-order valence-electron chi connectivity index (χ0n) is 10.7. The van der Waals surface area contributed by atoms with E-state index >= 15 is 0 Å². The molecule has 0 saturated heterocycles. The molecular weight excluding hydrogens is 254 g/mol. The molecule has 2 unspecified atom stereocenters. The molecule has 1 saturated carbocycles. The van der Waals surface area contributed by atoms with Crippen molar-refractivity contribution in [2.24, 2.45) is 0 Å². The Morgan fingerprint density at radius 3 is 2.65 bits per heavy atom. The molecule has 96 valence electrons. The Hall–Kier alpha value is -0.350. The highest BCUT2D eigenvalue weighted by Gasteiger charge is 2.28. The average molecular weight is 274 g/mol. The predicted molar refractivity (Wildman–Crippen MR) is 74.3 cm³/mol. The third-order valence-corrected chi connectivity index (χ3v) is 4.72. The number of hydrogen-bond donors (Lipinski definition) is 0. The topological polar surface area (TPSA) is 29.0 Å². The lowest BCUT2D eigenvalue weighted by Gasteiger charge is -2.34. The van der Waals surface area contributed by atoms with Gasteiger partial charge in [0, 0.05) is 30.5 Å². The molecule has 2 atom stereocenters. The number of halogens is 1. The Kier molecular flexibility index (Phi) is 4.26. The van der Waals surface area contributed by atoms with Gasteiger partial charge in [0.15, 0.2) is 0 Å². The molecule has 1 aliphatic rings. The van der Waals surface area contributed by atoms with Gasteiger partial charge < -0.3 is 4.90 Å². The van der Waals surface area contributed by atoms with Gasteiger partial charge in [-0.25, -0.2) is 4.98 Å². The van der Waals surface area contributed by atoms with E-state index in [4.69, 9.17) is 11.6 Å². The molecule has 0 radical (unpaired) electrons. The standard InChI is InChI=1S/C12H20ClN3S/c1-8(2)11-14-12(17-15-11)16(3)10-7-5-4-6-9(10)13/h8-10H,4-7H2,1-3H3. The van der Waals surface area contributed by atoms with Gasteiger partial charge in [-0.1, -0.05) is 26.7 Å². The maximum atomic E-state index is 6.41. The first-order chi connectivity index (χ1) is 8.09. The van der Waals surface area contributed by atoms with E-state index in [0.29, 0.717) is 12.0 Å². The summed E-state index contributed by atoms with van der Waals surface area (Å²) in [4.78, 5) is 6.82. The normalized spacial score (nSPS) is 25.2. The molecule has 17 heavy (non-hydrogen) atoms. The summed E-state index contributed by atoms with van der Waals surface area (Å²) in [5.41, 5.74) is 0. The summed E-state index contributed by atoms with van der Waals surface area (Å²) in [7, 11) is 2.09. The van der Waals surface area contributed by atoms with E-state index < -0.39 is 0 Å². The molecule has 1 aromatic rings. The van der Waals surface area contributed by atoms with Gasteiger partial charge in [-0.2, -0.15) is 4.37 Å². The molecule has 1 aromatic heterocycles. The van der Waals surface area contributed by atoms with Crippen LogP contribution in [0.5, 0.6) is 0 Å². The molecule has 0 aliphatic heterocycles. The highest BCUT2D eigenvalue weighted by Crippen LogP contribution is 2.31. The maximum absolute atomic E-state index is 6.41. The minimum atomic E-state index is 0.250. The van der Waals surface area contributed by atoms with Crippen molar-refractivity contribution in [2.45, 2.75) is 56.9 Å². The van der Waals surface area contributed by atoms with Crippen LogP contribution >= 0.6 is 23.1 Å². The van der Waals surface area contributed by atoms with Crippen molar-refractivity contribution in [3.05, 3.63) is 5.82 Å². The number of aromatic nitrogens is 2. The van der Waals surface area contributed by atoms with Gasteiger partial charge >= 0.3 is 0 Å². The molecule has 3 nitrogen and oxygen atoms in total. The lowest BCUT2D eigenvalue weighted by molar-refractivity contribution is 0.434. The zero-order chi connectivity index (χ0) is 12.4. The van der Waals surface area contributed by atoms with Crippen LogP contribution in [0.3, 0.4) is 0 Å². The first kappa shape index (κ1) is 13.1. The maximum Gasteiger partial charge on any atom is 0.205 e. The fourth-order valence-corrected chi connectivity index (χ4v) is 3.52. The number of alkyl halides is 1. The van der Waals surface area contributed by atoms with Crippen molar-refractivity contribution in [3.63, 3.8) is 0 Å². The molecule has 0 amide bonds. The van der Waals surface area contributed by atoms with Crippen LogP contribution in [0.15, 0.2) is 0 Å². The van der Waals surface area contributed by atoms with E-state index in [2.05, 4.69) is 35.2 Å². The van der Waals surface area contributed by atoms with E-state index in [-0.39, 0.29) is 5.38 Å². The van der Waals surface area contributed by atoms with E-state index in [9.17, 15) is 0 Å². The molecule has 0 spiro atoms. The van der Waals surface area contributed by atoms with Crippen LogP contribution in [0, 0.1) is 0 Å². The summed E-state index contributed by atoms with van der Waals surface area (Å²) >= 11 is 7.90. The van der Waals surface area contributed by atoms with Crippen molar-refractivity contribution in [2.75, 3.05) is 11.9 Å². The summed E-state index contributed by atoms with van der Waals surface area (Å²) in [5.74, 6) is 1.34. The summed E-state index contributed by atoms with van der Waals surface area (Å²) in [6, 6.07) is 0.415. The van der Waals surface area contributed by atoms with Crippen LogP contribution in [0.25, 0.3) is 0 Å². The van der Waals surface area contributed by atoms with Gasteiger partial charge in [0.1, 0.15) is 5.82 Å². The third-order valence-electron chi connectivity index (χ3n) is 3.39. The van der Waals surface area contributed by atoms with Crippen LogP contribution in [0.1, 0.15) is 51.3 Å². The number of anilines is 1. The second-order valence-electron chi connectivity index (χ2n) is 5.07. The molecule has 1 aliphatic carbocycles. The number of hydrogen-bond acceptors (Lipinski definition) is 4. The van der Waals surface area contributed by atoms with Crippen LogP contribution in [0.4, 0.5) is 5.13 Å². The molecule has 0 bridgehead atoms. The third kappa shape index (κ3) is 2.91. The van der Waals surface area contributed by atoms with Crippen LogP contribution in [0.2, 0.25) is 0 Å². The molecule has 1 heterocycles. The van der Waals surface area contributed by atoms with E-state index in [0.717, 1.165) is 17.4 Å². The minimum Gasteiger partial charge on any atom is -0.345 e. The Balaban J connectivity index is 2.09. The second-order valence-corrected chi connectivity index (χ2v) is 6.36. The first-order valence-electron chi connectivity index (χ1n) is 6.30. The Morgan fingerprint density at radius 1 is 1.35 bits per heavy atom. The SMILES string of the molecule is CC(C)c1nsc(N(C)C2CCCCC2Cl)n1. The van der Waals surface area contributed by atoms with Gasteiger partial charge in [0.2, 0.25) is 5.13 Å². The smallest absolute Gasteiger partial charge is 0.205 e. The van der Waals surface area contributed by atoms with Gasteiger partial charge in [-0.05, 0) is 12.8 Å².